The van der Waals surface area contributed by atoms with Gasteiger partial charge in [0.05, 0.1) is 14.2 Å². The molecule has 1 amide bonds. The molecule has 0 bridgehead atoms. The van der Waals surface area contributed by atoms with Gasteiger partial charge in [0.15, 0.2) is 11.5 Å². The van der Waals surface area contributed by atoms with Crippen molar-refractivity contribution in [3.8, 4) is 11.5 Å². The fourth-order valence-corrected chi connectivity index (χ4v) is 4.56. The Hall–Kier alpha value is -3.80. The first kappa shape index (κ1) is 24.3. The number of nitrogens with zero attached hydrogens (tertiary/aromatic N) is 1. The first-order chi connectivity index (χ1) is 17.0. The molecular weight excluding hydrogens is 443 g/mol. The van der Waals surface area contributed by atoms with E-state index in [1.54, 1.807) is 26.4 Å². The van der Waals surface area contributed by atoms with Crippen LogP contribution < -0.4 is 14.8 Å². The SMILES string of the molecule is CCn1cc([C@@H](CC(=O)NCCc2ccc(OC)c(OC)c2)c2ccc(F)cc2)c2ccccc21. The summed E-state index contributed by atoms with van der Waals surface area (Å²) < 4.78 is 26.5. The maximum absolute atomic E-state index is 13.7. The van der Waals surface area contributed by atoms with E-state index >= 15 is 0 Å². The highest BCUT2D eigenvalue weighted by Crippen LogP contribution is 2.35. The molecule has 1 N–H and O–H groups in total. The molecule has 0 aliphatic heterocycles. The zero-order valence-electron chi connectivity index (χ0n) is 20.4. The first-order valence-corrected chi connectivity index (χ1v) is 11.8. The molecular formula is C29H31FN2O3. The molecule has 182 valence electrons. The fraction of sp³-hybridized carbons (Fsp3) is 0.276. The van der Waals surface area contributed by atoms with Crippen molar-refractivity contribution >= 4 is 16.8 Å². The van der Waals surface area contributed by atoms with E-state index in [1.807, 2.05) is 30.3 Å². The highest BCUT2D eigenvalue weighted by Gasteiger charge is 2.22. The number of amides is 1. The van der Waals surface area contributed by atoms with Gasteiger partial charge in [-0.1, -0.05) is 36.4 Å². The molecule has 5 nitrogen and oxygen atoms in total. The first-order valence-electron chi connectivity index (χ1n) is 11.8. The van der Waals surface area contributed by atoms with Crippen molar-refractivity contribution in [3.63, 3.8) is 0 Å². The number of hydrogen-bond acceptors (Lipinski definition) is 3. The Balaban J connectivity index is 1.52. The molecule has 1 aromatic heterocycles. The summed E-state index contributed by atoms with van der Waals surface area (Å²) in [4.78, 5) is 13.1. The number of aromatic nitrogens is 1. The van der Waals surface area contributed by atoms with Crippen molar-refractivity contribution in [1.29, 1.82) is 0 Å². The highest BCUT2D eigenvalue weighted by atomic mass is 19.1. The minimum Gasteiger partial charge on any atom is -0.493 e. The second-order valence-electron chi connectivity index (χ2n) is 8.49. The molecule has 35 heavy (non-hydrogen) atoms. The lowest BCUT2D eigenvalue weighted by atomic mass is 9.88. The molecule has 0 spiro atoms. The molecule has 0 radical (unpaired) electrons. The Bertz CT molecular complexity index is 1300. The third-order valence-corrected chi connectivity index (χ3v) is 6.38. The van der Waals surface area contributed by atoms with E-state index in [1.165, 1.54) is 12.1 Å². The number of aryl methyl sites for hydroxylation is 1. The van der Waals surface area contributed by atoms with Gasteiger partial charge in [-0.15, -0.1) is 0 Å². The third kappa shape index (κ3) is 5.48. The molecule has 1 atom stereocenters. The third-order valence-electron chi connectivity index (χ3n) is 6.38. The molecule has 1 heterocycles. The summed E-state index contributed by atoms with van der Waals surface area (Å²) >= 11 is 0. The standard InChI is InChI=1S/C29H31FN2O3/c1-4-32-19-25(23-7-5-6-8-26(23)32)24(21-10-12-22(30)13-11-21)18-29(33)31-16-15-20-9-14-27(34-2)28(17-20)35-3/h5-14,17,19,24H,4,15-16,18H2,1-3H3,(H,31,33)/t24-/m0/s1. The van der Waals surface area contributed by atoms with Crippen LogP contribution in [0.4, 0.5) is 4.39 Å². The smallest absolute Gasteiger partial charge is 0.220 e. The predicted octanol–water partition coefficient (Wildman–Crippen LogP) is 5.70. The predicted molar refractivity (Wildman–Crippen MR) is 137 cm³/mol. The number of ether oxygens (including phenoxy) is 2. The van der Waals surface area contributed by atoms with E-state index in [4.69, 9.17) is 9.47 Å². The van der Waals surface area contributed by atoms with Gasteiger partial charge in [-0.05, 0) is 60.4 Å². The lowest BCUT2D eigenvalue weighted by Gasteiger charge is -2.17. The number of hydrogen-bond donors (Lipinski definition) is 1. The number of fused-ring (bicyclic) bond motifs is 1. The largest absolute Gasteiger partial charge is 0.493 e. The molecule has 6 heteroatoms. The lowest BCUT2D eigenvalue weighted by molar-refractivity contribution is -0.121. The minimum absolute atomic E-state index is 0.0480. The van der Waals surface area contributed by atoms with Crippen molar-refractivity contribution in [1.82, 2.24) is 9.88 Å². The Kier molecular flexibility index (Phi) is 7.70. The maximum atomic E-state index is 13.7. The lowest BCUT2D eigenvalue weighted by Crippen LogP contribution is -2.27. The molecule has 0 fully saturated rings. The Morgan fingerprint density at radius 1 is 1.00 bits per heavy atom. The number of para-hydroxylation sites is 1. The van der Waals surface area contributed by atoms with Crippen LogP contribution in [0.3, 0.4) is 0 Å². The van der Waals surface area contributed by atoms with Crippen LogP contribution >= 0.6 is 0 Å². The van der Waals surface area contributed by atoms with Crippen LogP contribution in [0.5, 0.6) is 11.5 Å². The summed E-state index contributed by atoms with van der Waals surface area (Å²) in [5, 5.41) is 4.17. The van der Waals surface area contributed by atoms with Crippen molar-refractivity contribution in [3.05, 3.63) is 95.4 Å². The summed E-state index contributed by atoms with van der Waals surface area (Å²) in [5.41, 5.74) is 4.17. The minimum atomic E-state index is -0.289. The van der Waals surface area contributed by atoms with Crippen molar-refractivity contribution < 1.29 is 18.7 Å². The zero-order chi connectivity index (χ0) is 24.8. The molecule has 0 saturated heterocycles. The van der Waals surface area contributed by atoms with Crippen LogP contribution in [0.1, 0.15) is 36.0 Å². The van der Waals surface area contributed by atoms with Gasteiger partial charge in [0.25, 0.3) is 0 Å². The van der Waals surface area contributed by atoms with Crippen LogP contribution in [-0.2, 0) is 17.8 Å². The van der Waals surface area contributed by atoms with Crippen LogP contribution in [0.25, 0.3) is 10.9 Å². The number of nitrogens with one attached hydrogen (secondary N) is 1. The average molecular weight is 475 g/mol. The molecule has 4 rings (SSSR count). The molecule has 0 saturated carbocycles. The van der Waals surface area contributed by atoms with E-state index < -0.39 is 0 Å². The van der Waals surface area contributed by atoms with Crippen molar-refractivity contribution in [2.75, 3.05) is 20.8 Å². The Morgan fingerprint density at radius 3 is 2.46 bits per heavy atom. The average Bonchev–Trinajstić information content (AvgIpc) is 3.26. The Morgan fingerprint density at radius 2 is 1.74 bits per heavy atom. The van der Waals surface area contributed by atoms with Gasteiger partial charge in [0, 0.05) is 42.5 Å². The molecule has 0 aliphatic carbocycles. The second kappa shape index (κ2) is 11.1. The molecule has 3 aromatic carbocycles. The topological polar surface area (TPSA) is 52.5 Å². The molecule has 0 aliphatic rings. The number of methoxy groups -OCH3 is 2. The Labute approximate surface area is 205 Å². The highest BCUT2D eigenvalue weighted by molar-refractivity contribution is 5.86. The number of carbonyl (C=O) groups is 1. The van der Waals surface area contributed by atoms with Gasteiger partial charge >= 0.3 is 0 Å². The van der Waals surface area contributed by atoms with Gasteiger partial charge in [0.1, 0.15) is 5.82 Å². The van der Waals surface area contributed by atoms with Crippen LogP contribution in [0, 0.1) is 5.82 Å². The normalized spacial score (nSPS) is 11.9. The van der Waals surface area contributed by atoms with Crippen LogP contribution in [-0.4, -0.2) is 31.2 Å². The summed E-state index contributed by atoms with van der Waals surface area (Å²) in [5.74, 6) is 0.819. The van der Waals surface area contributed by atoms with E-state index in [0.717, 1.165) is 34.1 Å². The second-order valence-corrected chi connectivity index (χ2v) is 8.49. The summed E-state index contributed by atoms with van der Waals surface area (Å²) in [6, 6.07) is 20.4. The number of rotatable bonds is 10. The van der Waals surface area contributed by atoms with E-state index in [0.29, 0.717) is 24.5 Å². The number of halogens is 1. The van der Waals surface area contributed by atoms with Gasteiger partial charge in [-0.25, -0.2) is 4.39 Å². The quantitative estimate of drug-likeness (QED) is 0.321. The van der Waals surface area contributed by atoms with E-state index in [2.05, 4.69) is 35.1 Å². The number of carbonyl (C=O) groups excluding carboxylic acids is 1. The summed E-state index contributed by atoms with van der Waals surface area (Å²) in [6.07, 6.45) is 3.06. The zero-order valence-corrected chi connectivity index (χ0v) is 20.4. The summed E-state index contributed by atoms with van der Waals surface area (Å²) in [6.45, 7) is 3.43. The number of benzene rings is 3. The molecule has 0 unspecified atom stereocenters. The molecule has 4 aromatic rings. The van der Waals surface area contributed by atoms with E-state index in [9.17, 15) is 9.18 Å². The van der Waals surface area contributed by atoms with Gasteiger partial charge in [-0.3, -0.25) is 4.79 Å². The van der Waals surface area contributed by atoms with Crippen molar-refractivity contribution in [2.45, 2.75) is 32.2 Å². The van der Waals surface area contributed by atoms with Crippen LogP contribution in [0.15, 0.2) is 72.9 Å². The van der Waals surface area contributed by atoms with Gasteiger partial charge in [0.2, 0.25) is 5.91 Å². The fourth-order valence-electron chi connectivity index (χ4n) is 4.56. The monoisotopic (exact) mass is 474 g/mol. The van der Waals surface area contributed by atoms with Crippen molar-refractivity contribution in [2.24, 2.45) is 0 Å². The van der Waals surface area contributed by atoms with Gasteiger partial charge < -0.3 is 19.4 Å². The van der Waals surface area contributed by atoms with E-state index in [-0.39, 0.29) is 24.1 Å². The maximum Gasteiger partial charge on any atom is 0.220 e. The van der Waals surface area contributed by atoms with Gasteiger partial charge in [-0.2, -0.15) is 0 Å². The summed E-state index contributed by atoms with van der Waals surface area (Å²) in [7, 11) is 3.21. The van der Waals surface area contributed by atoms with Crippen LogP contribution in [0.2, 0.25) is 0 Å².